The van der Waals surface area contributed by atoms with E-state index < -0.39 is 0 Å². The van der Waals surface area contributed by atoms with Crippen molar-refractivity contribution >= 4 is 34.0 Å². The summed E-state index contributed by atoms with van der Waals surface area (Å²) in [6.07, 6.45) is 1.63. The summed E-state index contributed by atoms with van der Waals surface area (Å²) >= 11 is 1.56. The van der Waals surface area contributed by atoms with E-state index in [2.05, 4.69) is 15.4 Å². The van der Waals surface area contributed by atoms with E-state index in [1.165, 1.54) is 0 Å². The van der Waals surface area contributed by atoms with Crippen LogP contribution in [-0.2, 0) is 13.7 Å². The van der Waals surface area contributed by atoms with E-state index in [1.54, 1.807) is 47.8 Å². The number of thiazole rings is 1. The zero-order valence-corrected chi connectivity index (χ0v) is 16.0. The van der Waals surface area contributed by atoms with Crippen molar-refractivity contribution in [2.24, 2.45) is 7.05 Å². The Morgan fingerprint density at radius 3 is 2.89 bits per heavy atom. The Hall–Kier alpha value is -3.13. The molecule has 4 aromatic rings. The number of ether oxygens (including phenoxy) is 1. The summed E-state index contributed by atoms with van der Waals surface area (Å²) < 4.78 is 13.2. The molecule has 0 unspecified atom stereocenters. The van der Waals surface area contributed by atoms with Gasteiger partial charge < -0.3 is 14.5 Å². The maximum atomic E-state index is 12.8. The fourth-order valence-corrected chi connectivity index (χ4v) is 3.55. The van der Waals surface area contributed by atoms with Gasteiger partial charge in [-0.1, -0.05) is 0 Å². The standard InChI is InChI=1S/C19H18N4O3S/c1-11-16(27-10-20-11)9-25-13-4-5-15-14(8-13)18(12(2)26-15)19(24)22-17-6-7-21-23(17)3/h4-8,10H,9H2,1-3H3,(H,22,24). The normalized spacial score (nSPS) is 11.1. The van der Waals surface area contributed by atoms with Gasteiger partial charge in [0.2, 0.25) is 0 Å². The van der Waals surface area contributed by atoms with Gasteiger partial charge in [-0.3, -0.25) is 9.48 Å². The molecule has 8 heteroatoms. The van der Waals surface area contributed by atoms with Crippen molar-refractivity contribution in [2.45, 2.75) is 20.5 Å². The maximum absolute atomic E-state index is 12.8. The third-order valence-corrected chi connectivity index (χ3v) is 5.25. The molecule has 0 saturated carbocycles. The number of aryl methyl sites for hydroxylation is 3. The summed E-state index contributed by atoms with van der Waals surface area (Å²) in [6, 6.07) is 7.23. The van der Waals surface area contributed by atoms with Gasteiger partial charge in [0.25, 0.3) is 5.91 Å². The van der Waals surface area contributed by atoms with Gasteiger partial charge in [-0.25, -0.2) is 4.98 Å². The minimum absolute atomic E-state index is 0.245. The lowest BCUT2D eigenvalue weighted by atomic mass is 10.1. The Labute approximate surface area is 159 Å². The lowest BCUT2D eigenvalue weighted by Gasteiger charge is -2.07. The van der Waals surface area contributed by atoms with Crippen LogP contribution in [0.1, 0.15) is 26.7 Å². The minimum atomic E-state index is -0.245. The van der Waals surface area contributed by atoms with Gasteiger partial charge >= 0.3 is 0 Å². The number of benzene rings is 1. The van der Waals surface area contributed by atoms with E-state index in [-0.39, 0.29) is 5.91 Å². The van der Waals surface area contributed by atoms with Crippen LogP contribution >= 0.6 is 11.3 Å². The second kappa shape index (κ2) is 6.88. The molecular formula is C19H18N4O3S. The molecule has 27 heavy (non-hydrogen) atoms. The number of hydrogen-bond donors (Lipinski definition) is 1. The van der Waals surface area contributed by atoms with Crippen LogP contribution in [0.4, 0.5) is 5.82 Å². The van der Waals surface area contributed by atoms with E-state index in [9.17, 15) is 4.79 Å². The van der Waals surface area contributed by atoms with Crippen molar-refractivity contribution in [1.82, 2.24) is 14.8 Å². The molecule has 138 valence electrons. The molecule has 3 aromatic heterocycles. The Balaban J connectivity index is 1.62. The van der Waals surface area contributed by atoms with Gasteiger partial charge in [-0.15, -0.1) is 11.3 Å². The number of fused-ring (bicyclic) bond motifs is 1. The second-order valence-electron chi connectivity index (χ2n) is 6.14. The summed E-state index contributed by atoms with van der Waals surface area (Å²) in [5, 5.41) is 7.63. The van der Waals surface area contributed by atoms with Crippen LogP contribution in [-0.4, -0.2) is 20.7 Å². The smallest absolute Gasteiger partial charge is 0.260 e. The monoisotopic (exact) mass is 382 g/mol. The minimum Gasteiger partial charge on any atom is -0.488 e. The number of carbonyl (C=O) groups excluding carboxylic acids is 1. The molecule has 0 atom stereocenters. The topological polar surface area (TPSA) is 82.2 Å². The van der Waals surface area contributed by atoms with E-state index in [1.807, 2.05) is 25.1 Å². The van der Waals surface area contributed by atoms with Gasteiger partial charge in [-0.05, 0) is 32.0 Å². The number of nitrogens with zero attached hydrogens (tertiary/aromatic N) is 3. The Kier molecular flexibility index (Phi) is 4.41. The summed E-state index contributed by atoms with van der Waals surface area (Å²) in [5.41, 5.74) is 3.91. The average molecular weight is 382 g/mol. The molecule has 1 aromatic carbocycles. The van der Waals surface area contributed by atoms with Crippen molar-refractivity contribution in [3.63, 3.8) is 0 Å². The van der Waals surface area contributed by atoms with Crippen molar-refractivity contribution in [1.29, 1.82) is 0 Å². The highest BCUT2D eigenvalue weighted by Crippen LogP contribution is 2.30. The molecule has 3 heterocycles. The third-order valence-electron chi connectivity index (χ3n) is 4.34. The highest BCUT2D eigenvalue weighted by atomic mass is 32.1. The number of furan rings is 1. The largest absolute Gasteiger partial charge is 0.488 e. The molecule has 0 saturated heterocycles. The summed E-state index contributed by atoms with van der Waals surface area (Å²) in [6.45, 7) is 4.17. The molecule has 0 aliphatic heterocycles. The molecular weight excluding hydrogens is 364 g/mol. The number of amides is 1. The fraction of sp³-hybridized carbons (Fsp3) is 0.211. The second-order valence-corrected chi connectivity index (χ2v) is 7.07. The fourth-order valence-electron chi connectivity index (χ4n) is 2.86. The number of aromatic nitrogens is 3. The highest BCUT2D eigenvalue weighted by molar-refractivity contribution is 7.09. The van der Waals surface area contributed by atoms with Gasteiger partial charge in [0.05, 0.1) is 27.8 Å². The van der Waals surface area contributed by atoms with Crippen molar-refractivity contribution in [3.05, 3.63) is 57.9 Å². The van der Waals surface area contributed by atoms with Crippen molar-refractivity contribution in [2.75, 3.05) is 5.32 Å². The van der Waals surface area contributed by atoms with E-state index in [0.29, 0.717) is 40.5 Å². The molecule has 0 aliphatic carbocycles. The summed E-state index contributed by atoms with van der Waals surface area (Å²) in [5.74, 6) is 1.60. The van der Waals surface area contributed by atoms with Gasteiger partial charge in [0, 0.05) is 18.5 Å². The molecule has 0 bridgehead atoms. The Bertz CT molecular complexity index is 1130. The first-order chi connectivity index (χ1) is 13.0. The van der Waals surface area contributed by atoms with Crippen LogP contribution in [0.2, 0.25) is 0 Å². The van der Waals surface area contributed by atoms with Gasteiger partial charge in [0.1, 0.15) is 29.5 Å². The molecule has 0 aliphatic rings. The first-order valence-electron chi connectivity index (χ1n) is 8.37. The molecule has 0 radical (unpaired) electrons. The van der Waals surface area contributed by atoms with Crippen LogP contribution < -0.4 is 10.1 Å². The predicted molar refractivity (Wildman–Crippen MR) is 103 cm³/mol. The molecule has 7 nitrogen and oxygen atoms in total. The zero-order valence-electron chi connectivity index (χ0n) is 15.1. The molecule has 1 amide bonds. The van der Waals surface area contributed by atoms with Crippen LogP contribution in [0, 0.1) is 13.8 Å². The first-order valence-corrected chi connectivity index (χ1v) is 9.25. The van der Waals surface area contributed by atoms with E-state index in [0.717, 1.165) is 10.6 Å². The SMILES string of the molecule is Cc1ncsc1COc1ccc2oc(C)c(C(=O)Nc3ccnn3C)c2c1. The summed E-state index contributed by atoms with van der Waals surface area (Å²) in [4.78, 5) is 18.1. The predicted octanol–water partition coefficient (Wildman–Crippen LogP) is 4.07. The van der Waals surface area contributed by atoms with Gasteiger partial charge in [-0.2, -0.15) is 5.10 Å². The van der Waals surface area contributed by atoms with E-state index >= 15 is 0 Å². The number of anilines is 1. The zero-order chi connectivity index (χ0) is 19.0. The molecule has 0 fully saturated rings. The molecule has 0 spiro atoms. The average Bonchev–Trinajstić information content (AvgIpc) is 3.31. The highest BCUT2D eigenvalue weighted by Gasteiger charge is 2.20. The number of carbonyl (C=O) groups is 1. The van der Waals surface area contributed by atoms with Gasteiger partial charge in [0.15, 0.2) is 0 Å². The van der Waals surface area contributed by atoms with Crippen LogP contribution in [0.5, 0.6) is 5.75 Å². The van der Waals surface area contributed by atoms with Crippen LogP contribution in [0.3, 0.4) is 0 Å². The quantitative estimate of drug-likeness (QED) is 0.563. The Morgan fingerprint density at radius 1 is 1.33 bits per heavy atom. The number of rotatable bonds is 5. The summed E-state index contributed by atoms with van der Waals surface area (Å²) in [7, 11) is 1.77. The number of nitrogens with one attached hydrogen (secondary N) is 1. The number of hydrogen-bond acceptors (Lipinski definition) is 6. The first kappa shape index (κ1) is 17.3. The maximum Gasteiger partial charge on any atom is 0.260 e. The molecule has 4 rings (SSSR count). The van der Waals surface area contributed by atoms with E-state index in [4.69, 9.17) is 9.15 Å². The van der Waals surface area contributed by atoms with Crippen LogP contribution in [0.25, 0.3) is 11.0 Å². The van der Waals surface area contributed by atoms with Crippen molar-refractivity contribution in [3.8, 4) is 5.75 Å². The lowest BCUT2D eigenvalue weighted by molar-refractivity contribution is 0.102. The molecule has 1 N–H and O–H groups in total. The van der Waals surface area contributed by atoms with Crippen molar-refractivity contribution < 1.29 is 13.9 Å². The lowest BCUT2D eigenvalue weighted by Crippen LogP contribution is -2.15. The van der Waals surface area contributed by atoms with Crippen LogP contribution in [0.15, 0.2) is 40.4 Å². The third kappa shape index (κ3) is 3.31. The Morgan fingerprint density at radius 2 is 2.19 bits per heavy atom.